The third kappa shape index (κ3) is 3.98. The number of nitrogens with one attached hydrogen (secondary N) is 1. The molecule has 0 radical (unpaired) electrons. The van der Waals surface area contributed by atoms with Crippen LogP contribution in [0.2, 0.25) is 5.02 Å². The van der Waals surface area contributed by atoms with Crippen molar-refractivity contribution >= 4 is 27.5 Å². The summed E-state index contributed by atoms with van der Waals surface area (Å²) < 4.78 is 6.81. The highest BCUT2D eigenvalue weighted by Gasteiger charge is 2.07. The van der Waals surface area contributed by atoms with Gasteiger partial charge in [0.1, 0.15) is 11.5 Å². The van der Waals surface area contributed by atoms with E-state index in [1.807, 2.05) is 36.4 Å². The number of halogens is 2. The van der Waals surface area contributed by atoms with Gasteiger partial charge in [-0.3, -0.25) is 0 Å². The molecule has 0 aromatic heterocycles. The predicted molar refractivity (Wildman–Crippen MR) is 87.8 cm³/mol. The summed E-state index contributed by atoms with van der Waals surface area (Å²) in [5, 5.41) is 3.98. The molecule has 1 atom stereocenters. The molecule has 0 bridgehead atoms. The molecule has 106 valence electrons. The first-order valence-electron chi connectivity index (χ1n) is 6.56. The zero-order valence-corrected chi connectivity index (χ0v) is 13.8. The average molecular weight is 355 g/mol. The summed E-state index contributed by atoms with van der Waals surface area (Å²) in [5.74, 6) is 1.43. The van der Waals surface area contributed by atoms with Crippen molar-refractivity contribution < 1.29 is 4.74 Å². The van der Waals surface area contributed by atoms with Crippen molar-refractivity contribution in [1.29, 1.82) is 0 Å². The zero-order valence-electron chi connectivity index (χ0n) is 11.5. The zero-order chi connectivity index (χ0) is 14.5. The topological polar surface area (TPSA) is 21.3 Å². The van der Waals surface area contributed by atoms with Crippen LogP contribution in [0.25, 0.3) is 0 Å². The van der Waals surface area contributed by atoms with Gasteiger partial charge in [-0.25, -0.2) is 0 Å². The number of benzene rings is 2. The van der Waals surface area contributed by atoms with Gasteiger partial charge < -0.3 is 10.1 Å². The maximum atomic E-state index is 6.14. The molecule has 0 aliphatic carbocycles. The molecule has 1 unspecified atom stereocenters. The Bertz CT molecular complexity index is 588. The minimum Gasteiger partial charge on any atom is -0.456 e. The summed E-state index contributed by atoms with van der Waals surface area (Å²) in [5.41, 5.74) is 1.19. The van der Waals surface area contributed by atoms with Gasteiger partial charge in [-0.1, -0.05) is 46.6 Å². The summed E-state index contributed by atoms with van der Waals surface area (Å²) in [6.07, 6.45) is 0. The Labute approximate surface area is 133 Å². The van der Waals surface area contributed by atoms with Crippen LogP contribution in [0.5, 0.6) is 11.5 Å². The van der Waals surface area contributed by atoms with E-state index in [2.05, 4.69) is 41.2 Å². The van der Waals surface area contributed by atoms with Crippen LogP contribution in [0, 0.1) is 0 Å². The van der Waals surface area contributed by atoms with Gasteiger partial charge in [-0.05, 0) is 49.4 Å². The van der Waals surface area contributed by atoms with Crippen LogP contribution >= 0.6 is 27.5 Å². The summed E-state index contributed by atoms with van der Waals surface area (Å²) in [4.78, 5) is 0. The van der Waals surface area contributed by atoms with Crippen molar-refractivity contribution in [3.05, 3.63) is 57.5 Å². The highest BCUT2D eigenvalue weighted by Crippen LogP contribution is 2.32. The molecular formula is C16H17BrClNO. The molecule has 4 heteroatoms. The van der Waals surface area contributed by atoms with Crippen molar-refractivity contribution in [3.8, 4) is 11.5 Å². The summed E-state index contributed by atoms with van der Waals surface area (Å²) in [6, 6.07) is 13.9. The first-order chi connectivity index (χ1) is 9.60. The van der Waals surface area contributed by atoms with E-state index in [0.717, 1.165) is 16.8 Å². The van der Waals surface area contributed by atoms with Crippen molar-refractivity contribution in [2.45, 2.75) is 19.9 Å². The fourth-order valence-electron chi connectivity index (χ4n) is 1.95. The number of ether oxygens (including phenoxy) is 1. The van der Waals surface area contributed by atoms with Gasteiger partial charge >= 0.3 is 0 Å². The Balaban J connectivity index is 2.21. The van der Waals surface area contributed by atoms with E-state index < -0.39 is 0 Å². The van der Waals surface area contributed by atoms with Crippen LogP contribution in [-0.2, 0) is 0 Å². The minimum atomic E-state index is 0.293. The molecule has 0 amide bonds. The lowest BCUT2D eigenvalue weighted by Crippen LogP contribution is -2.17. The molecule has 0 heterocycles. The highest BCUT2D eigenvalue weighted by molar-refractivity contribution is 9.10. The van der Waals surface area contributed by atoms with Crippen molar-refractivity contribution in [2.24, 2.45) is 0 Å². The van der Waals surface area contributed by atoms with E-state index in [0.29, 0.717) is 16.8 Å². The van der Waals surface area contributed by atoms with Crippen molar-refractivity contribution in [2.75, 3.05) is 6.54 Å². The fourth-order valence-corrected chi connectivity index (χ4v) is 2.45. The molecule has 0 aliphatic heterocycles. The van der Waals surface area contributed by atoms with Gasteiger partial charge in [0, 0.05) is 10.5 Å². The largest absolute Gasteiger partial charge is 0.456 e. The van der Waals surface area contributed by atoms with Gasteiger partial charge in [0.15, 0.2) is 0 Å². The average Bonchev–Trinajstić information content (AvgIpc) is 2.43. The van der Waals surface area contributed by atoms with E-state index in [4.69, 9.17) is 16.3 Å². The molecule has 0 fully saturated rings. The maximum absolute atomic E-state index is 6.14. The maximum Gasteiger partial charge on any atom is 0.147 e. The van der Waals surface area contributed by atoms with Gasteiger partial charge in [0.05, 0.1) is 5.02 Å². The van der Waals surface area contributed by atoms with Crippen LogP contribution in [0.4, 0.5) is 0 Å². The smallest absolute Gasteiger partial charge is 0.147 e. The Hall–Kier alpha value is -1.03. The lowest BCUT2D eigenvalue weighted by Gasteiger charge is -2.14. The van der Waals surface area contributed by atoms with E-state index in [1.54, 1.807) is 0 Å². The minimum absolute atomic E-state index is 0.293. The second-order valence-electron chi connectivity index (χ2n) is 4.53. The molecule has 1 N–H and O–H groups in total. The van der Waals surface area contributed by atoms with Crippen molar-refractivity contribution in [1.82, 2.24) is 5.32 Å². The van der Waals surface area contributed by atoms with Crippen LogP contribution in [0.3, 0.4) is 0 Å². The van der Waals surface area contributed by atoms with E-state index in [-0.39, 0.29) is 0 Å². The number of hydrogen-bond acceptors (Lipinski definition) is 2. The first kappa shape index (κ1) is 15.4. The van der Waals surface area contributed by atoms with Crippen LogP contribution < -0.4 is 10.1 Å². The molecule has 2 aromatic carbocycles. The standard InChI is InChI=1S/C16H17BrClNO/c1-3-19-11(2)12-5-4-6-14(9-12)20-16-10-13(17)7-8-15(16)18/h4-11,19H,3H2,1-2H3. The third-order valence-electron chi connectivity index (χ3n) is 2.99. The predicted octanol–water partition coefficient (Wildman–Crippen LogP) is 5.57. The molecule has 0 aliphatic rings. The van der Waals surface area contributed by atoms with Gasteiger partial charge in [0.25, 0.3) is 0 Å². The molecular weight excluding hydrogens is 338 g/mol. The molecule has 0 saturated heterocycles. The number of hydrogen-bond donors (Lipinski definition) is 1. The SMILES string of the molecule is CCNC(C)c1cccc(Oc2cc(Br)ccc2Cl)c1. The molecule has 0 spiro atoms. The summed E-state index contributed by atoms with van der Waals surface area (Å²) >= 11 is 9.56. The van der Waals surface area contributed by atoms with Gasteiger partial charge in [0.2, 0.25) is 0 Å². The molecule has 20 heavy (non-hydrogen) atoms. The molecule has 2 rings (SSSR count). The second kappa shape index (κ2) is 7.11. The van der Waals surface area contributed by atoms with E-state index in [9.17, 15) is 0 Å². The van der Waals surface area contributed by atoms with Crippen LogP contribution in [0.1, 0.15) is 25.5 Å². The Morgan fingerprint density at radius 1 is 1.25 bits per heavy atom. The van der Waals surface area contributed by atoms with Crippen LogP contribution in [-0.4, -0.2) is 6.54 Å². The summed E-state index contributed by atoms with van der Waals surface area (Å²) in [7, 11) is 0. The van der Waals surface area contributed by atoms with Gasteiger partial charge in [-0.15, -0.1) is 0 Å². The lowest BCUT2D eigenvalue weighted by atomic mass is 10.1. The van der Waals surface area contributed by atoms with E-state index >= 15 is 0 Å². The third-order valence-corrected chi connectivity index (χ3v) is 3.79. The Kier molecular flexibility index (Phi) is 5.46. The molecule has 2 nitrogen and oxygen atoms in total. The molecule has 2 aromatic rings. The lowest BCUT2D eigenvalue weighted by molar-refractivity contribution is 0.480. The number of rotatable bonds is 5. The van der Waals surface area contributed by atoms with Crippen LogP contribution in [0.15, 0.2) is 46.9 Å². The fraction of sp³-hybridized carbons (Fsp3) is 0.250. The monoisotopic (exact) mass is 353 g/mol. The second-order valence-corrected chi connectivity index (χ2v) is 5.85. The van der Waals surface area contributed by atoms with Crippen molar-refractivity contribution in [3.63, 3.8) is 0 Å². The van der Waals surface area contributed by atoms with Gasteiger partial charge in [-0.2, -0.15) is 0 Å². The quantitative estimate of drug-likeness (QED) is 0.758. The summed E-state index contributed by atoms with van der Waals surface area (Å²) in [6.45, 7) is 5.16. The highest BCUT2D eigenvalue weighted by atomic mass is 79.9. The normalized spacial score (nSPS) is 12.2. The van der Waals surface area contributed by atoms with E-state index in [1.165, 1.54) is 5.56 Å². The molecule has 0 saturated carbocycles. The first-order valence-corrected chi connectivity index (χ1v) is 7.73. The Morgan fingerprint density at radius 2 is 2.05 bits per heavy atom. The Morgan fingerprint density at radius 3 is 2.80 bits per heavy atom.